The van der Waals surface area contributed by atoms with E-state index >= 15 is 0 Å². The zero-order chi connectivity index (χ0) is 41.4. The fourth-order valence-corrected chi connectivity index (χ4v) is 8.66. The van der Waals surface area contributed by atoms with Crippen molar-refractivity contribution in [3.63, 3.8) is 0 Å². The highest BCUT2D eigenvalue weighted by Gasteiger charge is 2.17. The minimum absolute atomic E-state index is 0.0257. The summed E-state index contributed by atoms with van der Waals surface area (Å²) in [5.41, 5.74) is 0. The quantitative estimate of drug-likeness (QED) is 0.0489. The molecule has 0 aromatic carbocycles. The number of unbranched alkanes of at least 4 members (excludes halogenated alkanes) is 16. The van der Waals surface area contributed by atoms with Crippen molar-refractivity contribution in [3.8, 4) is 0 Å². The number of nitrogens with zero attached hydrogens (tertiary/aromatic N) is 1. The molecule has 1 N–H and O–H groups in total. The molecule has 0 spiro atoms. The van der Waals surface area contributed by atoms with E-state index < -0.39 is 0 Å². The largest absolute Gasteiger partial charge is 0.466 e. The molecule has 1 heterocycles. The van der Waals surface area contributed by atoms with Gasteiger partial charge in [-0.1, -0.05) is 182 Å². The average Bonchev–Trinajstić information content (AvgIpc) is 3.73. The average molecular weight is 805 g/mol. The van der Waals surface area contributed by atoms with Crippen molar-refractivity contribution in [2.75, 3.05) is 32.8 Å². The van der Waals surface area contributed by atoms with Crippen molar-refractivity contribution >= 4 is 17.8 Å². The second kappa shape index (κ2) is 39.8. The molecule has 1 rings (SSSR count). The molecule has 1 aliphatic rings. The van der Waals surface area contributed by atoms with Crippen LogP contribution in [0.3, 0.4) is 0 Å². The van der Waals surface area contributed by atoms with Crippen molar-refractivity contribution in [2.24, 2.45) is 11.8 Å². The Morgan fingerprint density at radius 1 is 0.456 bits per heavy atom. The molecule has 0 aliphatic carbocycles. The van der Waals surface area contributed by atoms with Gasteiger partial charge in [-0.05, 0) is 76.3 Å². The Kier molecular flexibility index (Phi) is 37.3. The summed E-state index contributed by atoms with van der Waals surface area (Å²) in [5.74, 6) is 1.55. The van der Waals surface area contributed by atoms with Gasteiger partial charge in [-0.15, -0.1) is 0 Å². The van der Waals surface area contributed by atoms with Crippen LogP contribution >= 0.6 is 0 Å². The maximum absolute atomic E-state index is 12.9. The number of hydrogen-bond acceptors (Lipinski definition) is 6. The van der Waals surface area contributed by atoms with Gasteiger partial charge in [-0.2, -0.15) is 0 Å². The molecule has 336 valence electrons. The first-order valence-corrected chi connectivity index (χ1v) is 25.2. The summed E-state index contributed by atoms with van der Waals surface area (Å²) in [6.07, 6.45) is 39.5. The molecule has 7 nitrogen and oxygen atoms in total. The highest BCUT2D eigenvalue weighted by molar-refractivity contribution is 5.76. The summed E-state index contributed by atoms with van der Waals surface area (Å²) in [5, 5.41) is 3.40. The van der Waals surface area contributed by atoms with Crippen LogP contribution in [0.15, 0.2) is 0 Å². The second-order valence-electron chi connectivity index (χ2n) is 17.9. The van der Waals surface area contributed by atoms with E-state index in [4.69, 9.17) is 9.47 Å². The predicted octanol–water partition coefficient (Wildman–Crippen LogP) is 13.8. The molecule has 1 fully saturated rings. The van der Waals surface area contributed by atoms with Crippen molar-refractivity contribution in [1.82, 2.24) is 10.2 Å². The van der Waals surface area contributed by atoms with Gasteiger partial charge in [0.1, 0.15) is 0 Å². The standard InChI is InChI=1S/C50H96N2O5/c1-5-9-19-29-45(30-20-10-6-2)38-43-56-49(54)35-25-17-13-15-23-33-47(51-48(53)37-42-52-40-27-28-41-52)34-24-16-14-18-26-36-50(55)57-44-39-46(31-21-11-7-3)32-22-12-8-4/h45-47H,5-44H2,1-4H3,(H,51,53). The van der Waals surface area contributed by atoms with Crippen LogP contribution in [0, 0.1) is 11.8 Å². The lowest BCUT2D eigenvalue weighted by Crippen LogP contribution is -2.36. The van der Waals surface area contributed by atoms with Crippen LogP contribution in [-0.4, -0.2) is 61.6 Å². The molecule has 7 heteroatoms. The molecular formula is C50H96N2O5. The third-order valence-corrected chi connectivity index (χ3v) is 12.5. The normalized spacial score (nSPS) is 13.3. The predicted molar refractivity (Wildman–Crippen MR) is 242 cm³/mol. The lowest BCUT2D eigenvalue weighted by atomic mass is 9.92. The van der Waals surface area contributed by atoms with E-state index in [0.717, 1.165) is 110 Å². The summed E-state index contributed by atoms with van der Waals surface area (Å²) < 4.78 is 11.3. The number of nitrogens with one attached hydrogen (secondary N) is 1. The first-order chi connectivity index (χ1) is 27.9. The van der Waals surface area contributed by atoms with Gasteiger partial charge in [0.05, 0.1) is 13.2 Å². The van der Waals surface area contributed by atoms with Gasteiger partial charge in [0, 0.05) is 31.8 Å². The Balaban J connectivity index is 2.28. The number of hydrogen-bond donors (Lipinski definition) is 1. The molecule has 0 bridgehead atoms. The number of carbonyl (C=O) groups is 3. The van der Waals surface area contributed by atoms with E-state index in [1.54, 1.807) is 0 Å². The zero-order valence-corrected chi connectivity index (χ0v) is 38.5. The summed E-state index contributed by atoms with van der Waals surface area (Å²) in [6, 6.07) is 0.238. The second-order valence-corrected chi connectivity index (χ2v) is 17.9. The van der Waals surface area contributed by atoms with E-state index in [9.17, 15) is 14.4 Å². The summed E-state index contributed by atoms with van der Waals surface area (Å²) in [4.78, 5) is 40.2. The number of carbonyl (C=O) groups excluding carboxylic acids is 3. The molecule has 0 radical (unpaired) electrons. The Labute approximate surface area is 354 Å². The Morgan fingerprint density at radius 3 is 1.23 bits per heavy atom. The summed E-state index contributed by atoms with van der Waals surface area (Å²) >= 11 is 0. The zero-order valence-electron chi connectivity index (χ0n) is 38.5. The van der Waals surface area contributed by atoms with Crippen LogP contribution in [0.2, 0.25) is 0 Å². The fourth-order valence-electron chi connectivity index (χ4n) is 8.66. The maximum Gasteiger partial charge on any atom is 0.305 e. The third kappa shape index (κ3) is 33.9. The number of rotatable bonds is 42. The number of ether oxygens (including phenoxy) is 2. The van der Waals surface area contributed by atoms with E-state index in [-0.39, 0.29) is 23.9 Å². The Hall–Kier alpha value is -1.63. The van der Waals surface area contributed by atoms with E-state index in [1.807, 2.05) is 0 Å². The monoisotopic (exact) mass is 805 g/mol. The van der Waals surface area contributed by atoms with Crippen LogP contribution in [0.5, 0.6) is 0 Å². The van der Waals surface area contributed by atoms with Crippen molar-refractivity contribution in [1.29, 1.82) is 0 Å². The molecule has 0 aromatic rings. The minimum Gasteiger partial charge on any atom is -0.466 e. The van der Waals surface area contributed by atoms with Gasteiger partial charge in [0.25, 0.3) is 0 Å². The summed E-state index contributed by atoms with van der Waals surface area (Å²) in [7, 11) is 0. The van der Waals surface area contributed by atoms with Crippen molar-refractivity contribution in [3.05, 3.63) is 0 Å². The van der Waals surface area contributed by atoms with E-state index in [0.29, 0.717) is 44.3 Å². The van der Waals surface area contributed by atoms with Crippen molar-refractivity contribution in [2.45, 2.75) is 258 Å². The molecule has 1 saturated heterocycles. The van der Waals surface area contributed by atoms with Gasteiger partial charge in [-0.3, -0.25) is 14.4 Å². The fraction of sp³-hybridized carbons (Fsp3) is 0.940. The lowest BCUT2D eigenvalue weighted by Gasteiger charge is -2.20. The highest BCUT2D eigenvalue weighted by Crippen LogP contribution is 2.23. The molecule has 0 unspecified atom stereocenters. The van der Waals surface area contributed by atoms with E-state index in [2.05, 4.69) is 37.9 Å². The van der Waals surface area contributed by atoms with Crippen LogP contribution in [0.1, 0.15) is 252 Å². The topological polar surface area (TPSA) is 84.9 Å². The van der Waals surface area contributed by atoms with Crippen LogP contribution in [0.4, 0.5) is 0 Å². The molecular weight excluding hydrogens is 709 g/mol. The number of esters is 2. The number of likely N-dealkylation sites (tertiary alicyclic amines) is 1. The first-order valence-electron chi connectivity index (χ1n) is 25.2. The molecule has 1 amide bonds. The van der Waals surface area contributed by atoms with Gasteiger partial charge < -0.3 is 19.7 Å². The molecule has 0 atom stereocenters. The molecule has 0 aromatic heterocycles. The van der Waals surface area contributed by atoms with Crippen LogP contribution < -0.4 is 5.32 Å². The first kappa shape index (κ1) is 53.4. The maximum atomic E-state index is 12.9. The third-order valence-electron chi connectivity index (χ3n) is 12.5. The van der Waals surface area contributed by atoms with Gasteiger partial charge in [0.15, 0.2) is 0 Å². The molecule has 1 aliphatic heterocycles. The lowest BCUT2D eigenvalue weighted by molar-refractivity contribution is -0.145. The van der Waals surface area contributed by atoms with Crippen molar-refractivity contribution < 1.29 is 23.9 Å². The van der Waals surface area contributed by atoms with Gasteiger partial charge >= 0.3 is 11.9 Å². The van der Waals surface area contributed by atoms with Gasteiger partial charge in [0.2, 0.25) is 5.91 Å². The summed E-state index contributed by atoms with van der Waals surface area (Å²) in [6.45, 7) is 13.3. The SMILES string of the molecule is CCCCCC(CCCCC)CCOC(=O)CCCCCCCC(CCCCCCCC(=O)OCCC(CCCCC)CCCCC)NC(=O)CCN1CCCC1. The Morgan fingerprint density at radius 2 is 0.825 bits per heavy atom. The van der Waals surface area contributed by atoms with E-state index in [1.165, 1.54) is 116 Å². The smallest absolute Gasteiger partial charge is 0.305 e. The highest BCUT2D eigenvalue weighted by atomic mass is 16.5. The minimum atomic E-state index is -0.0257. The van der Waals surface area contributed by atoms with Crippen LogP contribution in [0.25, 0.3) is 0 Å². The van der Waals surface area contributed by atoms with Crippen LogP contribution in [-0.2, 0) is 23.9 Å². The number of amides is 1. The Bertz CT molecular complexity index is 846. The molecule has 57 heavy (non-hydrogen) atoms. The van der Waals surface area contributed by atoms with Gasteiger partial charge in [-0.25, -0.2) is 0 Å². The molecule has 0 saturated carbocycles.